The maximum Gasteiger partial charge on any atom is 0.247 e. The van der Waals surface area contributed by atoms with Crippen molar-refractivity contribution in [3.05, 3.63) is 40.1 Å². The molecule has 1 atom stereocenters. The van der Waals surface area contributed by atoms with E-state index in [9.17, 15) is 13.2 Å². The van der Waals surface area contributed by atoms with Crippen molar-refractivity contribution in [2.75, 3.05) is 32.1 Å². The highest BCUT2D eigenvalue weighted by Crippen LogP contribution is 2.24. The summed E-state index contributed by atoms with van der Waals surface area (Å²) >= 11 is 1.33. The van der Waals surface area contributed by atoms with Crippen LogP contribution >= 0.6 is 11.3 Å². The monoisotopic (exact) mass is 420 g/mol. The Hall–Kier alpha value is -2.34. The summed E-state index contributed by atoms with van der Waals surface area (Å²) in [6, 6.07) is 3.45. The molecule has 0 spiro atoms. The third kappa shape index (κ3) is 3.09. The van der Waals surface area contributed by atoms with Crippen molar-refractivity contribution in [2.24, 2.45) is 5.73 Å². The lowest BCUT2D eigenvalue weighted by atomic mass is 10.2. The number of rotatable bonds is 4. The first-order valence-electron chi connectivity index (χ1n) is 8.68. The Morgan fingerprint density at radius 1 is 1.32 bits per heavy atom. The lowest BCUT2D eigenvalue weighted by Crippen LogP contribution is -2.29. The maximum atomic E-state index is 13.0. The lowest BCUT2D eigenvalue weighted by Gasteiger charge is -2.19. The molecule has 0 aromatic carbocycles. The van der Waals surface area contributed by atoms with Crippen LogP contribution in [0.1, 0.15) is 6.42 Å². The number of hydrogen-bond acceptors (Lipinski definition) is 8. The Morgan fingerprint density at radius 3 is 2.71 bits per heavy atom. The van der Waals surface area contributed by atoms with E-state index < -0.39 is 15.5 Å². The van der Waals surface area contributed by atoms with Gasteiger partial charge in [0.05, 0.1) is 5.39 Å². The van der Waals surface area contributed by atoms with E-state index in [1.807, 2.05) is 0 Å². The molecule has 28 heavy (non-hydrogen) atoms. The van der Waals surface area contributed by atoms with Gasteiger partial charge >= 0.3 is 0 Å². The normalized spacial score (nSPS) is 17.7. The van der Waals surface area contributed by atoms with Gasteiger partial charge in [-0.05, 0) is 18.6 Å². The molecule has 1 aliphatic rings. The van der Waals surface area contributed by atoms with Gasteiger partial charge in [0, 0.05) is 51.0 Å². The van der Waals surface area contributed by atoms with Crippen molar-refractivity contribution in [1.82, 2.24) is 18.8 Å². The predicted molar refractivity (Wildman–Crippen MR) is 109 cm³/mol. The number of sulfonamides is 1. The number of thiazole rings is 1. The molecule has 11 heteroatoms. The van der Waals surface area contributed by atoms with Crippen LogP contribution in [-0.2, 0) is 10.0 Å². The number of anilines is 1. The van der Waals surface area contributed by atoms with Crippen LogP contribution in [0.15, 0.2) is 39.6 Å². The number of fused-ring (bicyclic) bond motifs is 1. The molecule has 2 N–H and O–H groups in total. The van der Waals surface area contributed by atoms with Crippen molar-refractivity contribution < 1.29 is 8.42 Å². The first-order valence-corrected chi connectivity index (χ1v) is 11.0. The van der Waals surface area contributed by atoms with Crippen LogP contribution in [-0.4, -0.2) is 60.5 Å². The Labute approximate surface area is 166 Å². The first kappa shape index (κ1) is 19.0. The highest BCUT2D eigenvalue weighted by molar-refractivity contribution is 7.89. The molecule has 4 heterocycles. The van der Waals surface area contributed by atoms with Gasteiger partial charge in [-0.25, -0.2) is 22.7 Å². The average molecular weight is 421 g/mol. The molecule has 1 aliphatic heterocycles. The Bertz CT molecular complexity index is 1190. The Morgan fingerprint density at radius 2 is 2.11 bits per heavy atom. The second kappa shape index (κ2) is 6.92. The fraction of sp³-hybridized carbons (Fsp3) is 0.353. The molecule has 0 aliphatic carbocycles. The molecule has 148 valence electrons. The van der Waals surface area contributed by atoms with E-state index in [1.54, 1.807) is 28.3 Å². The summed E-state index contributed by atoms with van der Waals surface area (Å²) in [6.45, 7) is 1.47. The van der Waals surface area contributed by atoms with E-state index in [1.165, 1.54) is 31.6 Å². The van der Waals surface area contributed by atoms with Crippen LogP contribution in [0.4, 0.5) is 5.82 Å². The summed E-state index contributed by atoms with van der Waals surface area (Å²) in [5.74, 6) is 0.702. The minimum atomic E-state index is -3.92. The predicted octanol–water partition coefficient (Wildman–Crippen LogP) is 0.630. The van der Waals surface area contributed by atoms with Crippen molar-refractivity contribution in [1.29, 1.82) is 0 Å². The largest absolute Gasteiger partial charge is 0.355 e. The number of pyridine rings is 2. The first-order chi connectivity index (χ1) is 13.3. The third-order valence-electron chi connectivity index (χ3n) is 4.74. The standard InChI is InChI=1S/C17H20N6O3S2/c1-21(2)28(25,26)13-10-23(17-19-6-8-27-17)16-12(15(13)24)3-4-14(20-16)22-7-5-11(18)9-22/h3-4,6,8,10-11H,5,7,9,18H2,1-2H3. The van der Waals surface area contributed by atoms with Crippen LogP contribution in [0.2, 0.25) is 0 Å². The van der Waals surface area contributed by atoms with E-state index in [4.69, 9.17) is 5.73 Å². The molecular weight excluding hydrogens is 400 g/mol. The number of nitrogens with two attached hydrogens (primary N) is 1. The molecule has 1 saturated heterocycles. The molecular formula is C17H20N6O3S2. The molecule has 9 nitrogen and oxygen atoms in total. The fourth-order valence-electron chi connectivity index (χ4n) is 3.20. The summed E-state index contributed by atoms with van der Waals surface area (Å²) in [5, 5.41) is 2.54. The van der Waals surface area contributed by atoms with Gasteiger partial charge in [0.2, 0.25) is 15.5 Å². The van der Waals surface area contributed by atoms with Gasteiger partial charge in [0.25, 0.3) is 0 Å². The summed E-state index contributed by atoms with van der Waals surface area (Å²) in [4.78, 5) is 23.7. The maximum absolute atomic E-state index is 13.0. The fourth-order valence-corrected chi connectivity index (χ4v) is 4.80. The van der Waals surface area contributed by atoms with Gasteiger partial charge in [-0.15, -0.1) is 11.3 Å². The molecule has 4 rings (SSSR count). The van der Waals surface area contributed by atoms with E-state index in [-0.39, 0.29) is 16.3 Å². The topological polar surface area (TPSA) is 114 Å². The molecule has 3 aromatic heterocycles. The quantitative estimate of drug-likeness (QED) is 0.658. The SMILES string of the molecule is CN(C)S(=O)(=O)c1cn(-c2nccs2)c2nc(N3CCC(N)C3)ccc2c1=O. The minimum Gasteiger partial charge on any atom is -0.355 e. The van der Waals surface area contributed by atoms with Crippen molar-refractivity contribution >= 4 is 38.2 Å². The van der Waals surface area contributed by atoms with E-state index >= 15 is 0 Å². The molecule has 0 saturated carbocycles. The van der Waals surface area contributed by atoms with Gasteiger partial charge in [0.1, 0.15) is 10.7 Å². The molecule has 0 bridgehead atoms. The summed E-state index contributed by atoms with van der Waals surface area (Å²) in [6.07, 6.45) is 3.80. The summed E-state index contributed by atoms with van der Waals surface area (Å²) in [7, 11) is -1.14. The van der Waals surface area contributed by atoms with Crippen molar-refractivity contribution in [3.63, 3.8) is 0 Å². The molecule has 0 radical (unpaired) electrons. The Balaban J connectivity index is 2.00. The molecule has 1 unspecified atom stereocenters. The molecule has 1 fully saturated rings. The van der Waals surface area contributed by atoms with Crippen LogP contribution in [0, 0.1) is 0 Å². The van der Waals surface area contributed by atoms with Crippen LogP contribution < -0.4 is 16.1 Å². The van der Waals surface area contributed by atoms with Crippen molar-refractivity contribution in [3.8, 4) is 5.13 Å². The highest BCUT2D eigenvalue weighted by Gasteiger charge is 2.26. The Kier molecular flexibility index (Phi) is 4.70. The van der Waals surface area contributed by atoms with E-state index in [0.717, 1.165) is 17.3 Å². The number of aromatic nitrogens is 3. The smallest absolute Gasteiger partial charge is 0.247 e. The van der Waals surface area contributed by atoms with Gasteiger partial charge in [-0.2, -0.15) is 0 Å². The second-order valence-electron chi connectivity index (χ2n) is 6.83. The van der Waals surface area contributed by atoms with Gasteiger partial charge in [-0.3, -0.25) is 9.36 Å². The number of hydrogen-bond donors (Lipinski definition) is 1. The van der Waals surface area contributed by atoms with E-state index in [2.05, 4.69) is 14.9 Å². The van der Waals surface area contributed by atoms with Crippen molar-refractivity contribution in [2.45, 2.75) is 17.4 Å². The second-order valence-corrected chi connectivity index (χ2v) is 9.82. The van der Waals surface area contributed by atoms with Gasteiger partial charge in [0.15, 0.2) is 10.8 Å². The molecule has 0 amide bonds. The van der Waals surface area contributed by atoms with Crippen LogP contribution in [0.3, 0.4) is 0 Å². The zero-order valence-electron chi connectivity index (χ0n) is 15.4. The zero-order valence-corrected chi connectivity index (χ0v) is 17.1. The lowest BCUT2D eigenvalue weighted by molar-refractivity contribution is 0.519. The highest BCUT2D eigenvalue weighted by atomic mass is 32.2. The minimum absolute atomic E-state index is 0.0891. The summed E-state index contributed by atoms with van der Waals surface area (Å²) in [5.41, 5.74) is 5.79. The van der Waals surface area contributed by atoms with Crippen LogP contribution in [0.5, 0.6) is 0 Å². The van der Waals surface area contributed by atoms with Crippen LogP contribution in [0.25, 0.3) is 16.2 Å². The third-order valence-corrected chi connectivity index (χ3v) is 7.31. The average Bonchev–Trinajstić information content (AvgIpc) is 3.33. The summed E-state index contributed by atoms with van der Waals surface area (Å²) < 4.78 is 28.0. The molecule has 3 aromatic rings. The zero-order chi connectivity index (χ0) is 20.1. The van der Waals surface area contributed by atoms with Gasteiger partial charge < -0.3 is 10.6 Å². The van der Waals surface area contributed by atoms with E-state index in [0.29, 0.717) is 23.1 Å². The van der Waals surface area contributed by atoms with Gasteiger partial charge in [-0.1, -0.05) is 0 Å². The number of nitrogens with zero attached hydrogens (tertiary/aromatic N) is 5.